The average Bonchev–Trinajstić information content (AvgIpc) is 3.41. The minimum absolute atomic E-state index is 0.0711. The van der Waals surface area contributed by atoms with Gasteiger partial charge in [0.2, 0.25) is 0 Å². The molecule has 0 aromatic rings. The molecular formula is C69H126O6. The van der Waals surface area contributed by atoms with Crippen LogP contribution in [-0.2, 0) is 28.6 Å². The molecule has 1 atom stereocenters. The van der Waals surface area contributed by atoms with Crippen LogP contribution in [0.4, 0.5) is 0 Å². The van der Waals surface area contributed by atoms with Crippen molar-refractivity contribution in [2.75, 3.05) is 13.2 Å². The molecule has 0 aromatic carbocycles. The van der Waals surface area contributed by atoms with Gasteiger partial charge in [-0.3, -0.25) is 14.4 Å². The van der Waals surface area contributed by atoms with Gasteiger partial charge in [-0.25, -0.2) is 0 Å². The van der Waals surface area contributed by atoms with Gasteiger partial charge in [0.05, 0.1) is 0 Å². The van der Waals surface area contributed by atoms with Crippen molar-refractivity contribution in [1.29, 1.82) is 0 Å². The second-order valence-corrected chi connectivity index (χ2v) is 22.4. The number of ether oxygens (including phenoxy) is 3. The maximum absolute atomic E-state index is 12.9. The number of allylic oxidation sites excluding steroid dienone is 8. The van der Waals surface area contributed by atoms with Crippen LogP contribution in [0.5, 0.6) is 0 Å². The zero-order chi connectivity index (χ0) is 54.3. The van der Waals surface area contributed by atoms with E-state index in [1.807, 2.05) is 0 Å². The molecule has 0 heterocycles. The third-order valence-corrected chi connectivity index (χ3v) is 14.8. The Bertz CT molecular complexity index is 1300. The highest BCUT2D eigenvalue weighted by molar-refractivity contribution is 5.71. The Morgan fingerprint density at radius 3 is 0.813 bits per heavy atom. The summed E-state index contributed by atoms with van der Waals surface area (Å²) < 4.78 is 16.9. The molecule has 1 unspecified atom stereocenters. The fraction of sp³-hybridized carbons (Fsp3) is 0.841. The number of hydrogen-bond acceptors (Lipinski definition) is 6. The summed E-state index contributed by atoms with van der Waals surface area (Å²) in [5.41, 5.74) is 0. The molecule has 0 rings (SSSR count). The second-order valence-electron chi connectivity index (χ2n) is 22.4. The van der Waals surface area contributed by atoms with Gasteiger partial charge in [0.15, 0.2) is 6.10 Å². The molecule has 0 aliphatic rings. The van der Waals surface area contributed by atoms with Crippen molar-refractivity contribution in [2.24, 2.45) is 0 Å². The summed E-state index contributed by atoms with van der Waals surface area (Å²) in [5, 5.41) is 0. The smallest absolute Gasteiger partial charge is 0.306 e. The van der Waals surface area contributed by atoms with Crippen molar-refractivity contribution in [3.8, 4) is 0 Å². The Hall–Kier alpha value is -2.63. The van der Waals surface area contributed by atoms with Crippen molar-refractivity contribution in [2.45, 2.75) is 361 Å². The summed E-state index contributed by atoms with van der Waals surface area (Å²) in [5.74, 6) is -0.861. The number of rotatable bonds is 61. The predicted molar refractivity (Wildman–Crippen MR) is 325 cm³/mol. The van der Waals surface area contributed by atoms with Gasteiger partial charge in [0.25, 0.3) is 0 Å². The van der Waals surface area contributed by atoms with Gasteiger partial charge in [-0.05, 0) is 77.0 Å². The fourth-order valence-electron chi connectivity index (χ4n) is 9.81. The van der Waals surface area contributed by atoms with Gasteiger partial charge < -0.3 is 14.2 Å². The van der Waals surface area contributed by atoms with E-state index in [1.165, 1.54) is 231 Å². The average molecular weight is 1050 g/mol. The first-order valence-corrected chi connectivity index (χ1v) is 33.1. The summed E-state index contributed by atoms with van der Waals surface area (Å²) in [4.78, 5) is 38.2. The van der Waals surface area contributed by atoms with Crippen LogP contribution in [0.3, 0.4) is 0 Å². The minimum Gasteiger partial charge on any atom is -0.462 e. The molecular weight excluding hydrogens is 925 g/mol. The topological polar surface area (TPSA) is 78.9 Å². The SMILES string of the molecule is CCC/C=C\CCCCCCCC(=O)OCC(COC(=O)CCCCCCCCCCCCCCCCCC/C=C\C/C=C\C/C=C\CCCCCCC)OC(=O)CCCCCCCCCCCCCCCCCC. The largest absolute Gasteiger partial charge is 0.462 e. The third kappa shape index (κ3) is 62.1. The summed E-state index contributed by atoms with van der Waals surface area (Å²) in [7, 11) is 0. The van der Waals surface area contributed by atoms with Crippen molar-refractivity contribution in [3.05, 3.63) is 48.6 Å². The highest BCUT2D eigenvalue weighted by Crippen LogP contribution is 2.18. The zero-order valence-electron chi connectivity index (χ0n) is 50.3. The Balaban J connectivity index is 4.10. The molecule has 0 saturated heterocycles. The first-order valence-electron chi connectivity index (χ1n) is 33.1. The minimum atomic E-state index is -0.772. The van der Waals surface area contributed by atoms with Crippen LogP contribution >= 0.6 is 0 Å². The van der Waals surface area contributed by atoms with Crippen molar-refractivity contribution >= 4 is 17.9 Å². The Labute approximate surface area is 467 Å². The lowest BCUT2D eigenvalue weighted by molar-refractivity contribution is -0.167. The van der Waals surface area contributed by atoms with Crippen LogP contribution in [0.2, 0.25) is 0 Å². The number of esters is 3. The van der Waals surface area contributed by atoms with Gasteiger partial charge >= 0.3 is 17.9 Å². The molecule has 6 nitrogen and oxygen atoms in total. The van der Waals surface area contributed by atoms with Crippen molar-refractivity contribution < 1.29 is 28.6 Å². The van der Waals surface area contributed by atoms with E-state index in [9.17, 15) is 14.4 Å². The lowest BCUT2D eigenvalue weighted by Gasteiger charge is -2.18. The molecule has 0 aromatic heterocycles. The zero-order valence-corrected chi connectivity index (χ0v) is 50.3. The van der Waals surface area contributed by atoms with E-state index in [4.69, 9.17) is 14.2 Å². The molecule has 438 valence electrons. The van der Waals surface area contributed by atoms with E-state index in [0.29, 0.717) is 19.3 Å². The monoisotopic (exact) mass is 1050 g/mol. The molecule has 0 fully saturated rings. The van der Waals surface area contributed by atoms with Crippen LogP contribution in [0.1, 0.15) is 355 Å². The van der Waals surface area contributed by atoms with E-state index in [-0.39, 0.29) is 31.1 Å². The second kappa shape index (κ2) is 63.9. The van der Waals surface area contributed by atoms with Crippen LogP contribution in [0.15, 0.2) is 48.6 Å². The molecule has 0 spiro atoms. The molecule has 0 N–H and O–H groups in total. The van der Waals surface area contributed by atoms with Gasteiger partial charge in [-0.15, -0.1) is 0 Å². The Kier molecular flexibility index (Phi) is 61.7. The maximum atomic E-state index is 12.9. The normalized spacial score (nSPS) is 12.3. The summed E-state index contributed by atoms with van der Waals surface area (Å²) in [6, 6.07) is 0. The van der Waals surface area contributed by atoms with E-state index in [1.54, 1.807) is 0 Å². The lowest BCUT2D eigenvalue weighted by Crippen LogP contribution is -2.30. The number of unbranched alkanes of at least 4 members (excludes halogenated alkanes) is 42. The summed E-state index contributed by atoms with van der Waals surface area (Å²) in [6.45, 7) is 6.61. The summed E-state index contributed by atoms with van der Waals surface area (Å²) in [6.07, 6.45) is 80.0. The van der Waals surface area contributed by atoms with E-state index < -0.39 is 6.10 Å². The highest BCUT2D eigenvalue weighted by Gasteiger charge is 2.19. The van der Waals surface area contributed by atoms with Crippen molar-refractivity contribution in [3.63, 3.8) is 0 Å². The summed E-state index contributed by atoms with van der Waals surface area (Å²) >= 11 is 0. The van der Waals surface area contributed by atoms with E-state index in [0.717, 1.165) is 83.5 Å². The number of carbonyl (C=O) groups is 3. The van der Waals surface area contributed by atoms with Gasteiger partial charge in [-0.2, -0.15) is 0 Å². The van der Waals surface area contributed by atoms with E-state index >= 15 is 0 Å². The van der Waals surface area contributed by atoms with Crippen LogP contribution in [0.25, 0.3) is 0 Å². The molecule has 0 aliphatic heterocycles. The highest BCUT2D eigenvalue weighted by atomic mass is 16.6. The standard InChI is InChI=1S/C69H126O6/c1-4-7-10-13-16-19-22-24-26-28-29-30-31-32-33-34-35-36-37-38-39-40-41-42-44-45-47-50-53-56-59-62-68(71)74-65-66(64-73-67(70)61-58-55-52-49-21-18-15-12-9-6-3)75-69(72)63-60-57-54-51-48-46-43-27-25-23-20-17-14-11-8-5-2/h12,15,22,24,28-29,31-32,66H,4-11,13-14,16-21,23,25-27,30,33-65H2,1-3H3/b15-12-,24-22-,29-28-,32-31-. The molecule has 0 aliphatic carbocycles. The molecule has 0 bridgehead atoms. The molecule has 0 radical (unpaired) electrons. The van der Waals surface area contributed by atoms with Crippen LogP contribution in [-0.4, -0.2) is 37.2 Å². The number of carbonyl (C=O) groups excluding carboxylic acids is 3. The molecule has 75 heavy (non-hydrogen) atoms. The first-order chi connectivity index (χ1) is 37.0. The third-order valence-electron chi connectivity index (χ3n) is 14.8. The Morgan fingerprint density at radius 1 is 0.267 bits per heavy atom. The van der Waals surface area contributed by atoms with Crippen LogP contribution in [0, 0.1) is 0 Å². The van der Waals surface area contributed by atoms with Crippen molar-refractivity contribution in [1.82, 2.24) is 0 Å². The molecule has 0 saturated carbocycles. The Morgan fingerprint density at radius 2 is 0.507 bits per heavy atom. The first kappa shape index (κ1) is 72.4. The predicted octanol–water partition coefficient (Wildman–Crippen LogP) is 22.6. The maximum Gasteiger partial charge on any atom is 0.306 e. The quantitative estimate of drug-likeness (QED) is 0.0261. The fourth-order valence-corrected chi connectivity index (χ4v) is 9.81. The van der Waals surface area contributed by atoms with Gasteiger partial charge in [-0.1, -0.05) is 307 Å². The molecule has 6 heteroatoms. The van der Waals surface area contributed by atoms with Gasteiger partial charge in [0, 0.05) is 19.3 Å². The van der Waals surface area contributed by atoms with E-state index in [2.05, 4.69) is 69.4 Å². The molecule has 0 amide bonds. The van der Waals surface area contributed by atoms with Gasteiger partial charge in [0.1, 0.15) is 13.2 Å². The number of hydrogen-bond donors (Lipinski definition) is 0. The lowest BCUT2D eigenvalue weighted by atomic mass is 10.0. The van der Waals surface area contributed by atoms with Crippen LogP contribution < -0.4 is 0 Å².